The summed E-state index contributed by atoms with van der Waals surface area (Å²) in [4.78, 5) is 23.9. The van der Waals surface area contributed by atoms with Gasteiger partial charge in [-0.25, -0.2) is 4.79 Å². The van der Waals surface area contributed by atoms with Crippen LogP contribution in [0.3, 0.4) is 0 Å². The van der Waals surface area contributed by atoms with Crippen LogP contribution in [-0.4, -0.2) is 23.6 Å². The van der Waals surface area contributed by atoms with Crippen LogP contribution in [0.25, 0.3) is 0 Å². The fourth-order valence-electron chi connectivity index (χ4n) is 2.63. The minimum Gasteiger partial charge on any atom is -0.444 e. The van der Waals surface area contributed by atoms with Gasteiger partial charge in [0, 0.05) is 24.7 Å². The third-order valence-corrected chi connectivity index (χ3v) is 3.88. The second-order valence-corrected chi connectivity index (χ2v) is 7.75. The Hall–Kier alpha value is -2.86. The molecule has 0 aliphatic rings. The van der Waals surface area contributed by atoms with Crippen molar-refractivity contribution in [1.29, 1.82) is 0 Å². The van der Waals surface area contributed by atoms with Crippen molar-refractivity contribution in [3.63, 3.8) is 0 Å². The average molecular weight is 383 g/mol. The first-order valence-corrected chi connectivity index (χ1v) is 9.36. The average Bonchev–Trinajstić information content (AvgIpc) is 2.60. The van der Waals surface area contributed by atoms with Crippen LogP contribution >= 0.6 is 0 Å². The zero-order chi connectivity index (χ0) is 20.6. The molecule has 2 amide bonds. The number of carbonyl (C=O) groups excluding carboxylic acids is 2. The van der Waals surface area contributed by atoms with E-state index in [4.69, 9.17) is 10.5 Å². The van der Waals surface area contributed by atoms with Gasteiger partial charge in [0.2, 0.25) is 5.91 Å². The molecule has 0 bridgehead atoms. The monoisotopic (exact) mass is 383 g/mol. The van der Waals surface area contributed by atoms with Crippen LogP contribution in [-0.2, 0) is 22.5 Å². The molecule has 0 radical (unpaired) electrons. The number of rotatable bonds is 7. The summed E-state index contributed by atoms with van der Waals surface area (Å²) in [6, 6.07) is 16.9. The van der Waals surface area contributed by atoms with Crippen LogP contribution in [0.4, 0.5) is 10.5 Å². The van der Waals surface area contributed by atoms with Gasteiger partial charge in [-0.1, -0.05) is 42.5 Å². The topological polar surface area (TPSA) is 93.5 Å². The van der Waals surface area contributed by atoms with Crippen LogP contribution in [0.2, 0.25) is 0 Å². The smallest absolute Gasteiger partial charge is 0.412 e. The first-order chi connectivity index (χ1) is 13.2. The molecular weight excluding hydrogens is 354 g/mol. The second kappa shape index (κ2) is 9.90. The highest BCUT2D eigenvalue weighted by Gasteiger charge is 2.16. The lowest BCUT2D eigenvalue weighted by atomic mass is 10.0. The SMILES string of the molecule is CC(C)(C)OC(=O)Nc1ccc(CNC(=O)C[C@H](N)Cc2ccccc2)cc1. The highest BCUT2D eigenvalue weighted by molar-refractivity contribution is 5.84. The first-order valence-electron chi connectivity index (χ1n) is 9.36. The van der Waals surface area contributed by atoms with Gasteiger partial charge in [0.1, 0.15) is 5.60 Å². The second-order valence-electron chi connectivity index (χ2n) is 7.75. The molecule has 0 spiro atoms. The molecule has 0 fully saturated rings. The van der Waals surface area contributed by atoms with E-state index in [1.807, 2.05) is 63.2 Å². The Morgan fingerprint density at radius 3 is 2.25 bits per heavy atom. The fourth-order valence-corrected chi connectivity index (χ4v) is 2.63. The predicted molar refractivity (Wildman–Crippen MR) is 111 cm³/mol. The Kier molecular flexibility index (Phi) is 7.58. The molecule has 0 saturated heterocycles. The predicted octanol–water partition coefficient (Wildman–Crippen LogP) is 3.61. The van der Waals surface area contributed by atoms with Gasteiger partial charge in [0.25, 0.3) is 0 Å². The number of carbonyl (C=O) groups is 2. The Morgan fingerprint density at radius 1 is 1.00 bits per heavy atom. The van der Waals surface area contributed by atoms with Crippen molar-refractivity contribution < 1.29 is 14.3 Å². The number of benzene rings is 2. The summed E-state index contributed by atoms with van der Waals surface area (Å²) >= 11 is 0. The van der Waals surface area contributed by atoms with Crippen LogP contribution in [0.5, 0.6) is 0 Å². The minimum absolute atomic E-state index is 0.0839. The molecule has 6 heteroatoms. The molecular formula is C22H29N3O3. The zero-order valence-electron chi connectivity index (χ0n) is 16.7. The molecule has 0 unspecified atom stereocenters. The maximum absolute atomic E-state index is 12.1. The normalized spacial score (nSPS) is 12.1. The summed E-state index contributed by atoms with van der Waals surface area (Å²) in [7, 11) is 0. The third-order valence-electron chi connectivity index (χ3n) is 3.88. The molecule has 2 aromatic rings. The Labute approximate surface area is 166 Å². The van der Waals surface area contributed by atoms with Crippen molar-refractivity contribution >= 4 is 17.7 Å². The Morgan fingerprint density at radius 2 is 1.64 bits per heavy atom. The standard InChI is InChI=1S/C22H29N3O3/c1-22(2,3)28-21(27)25-19-11-9-17(10-12-19)15-24-20(26)14-18(23)13-16-7-5-4-6-8-16/h4-12,18H,13-15,23H2,1-3H3,(H,24,26)(H,25,27)/t18-/m1/s1. The zero-order valence-corrected chi connectivity index (χ0v) is 16.7. The van der Waals surface area contributed by atoms with E-state index in [-0.39, 0.29) is 18.4 Å². The maximum Gasteiger partial charge on any atom is 0.412 e. The molecule has 4 N–H and O–H groups in total. The number of hydrogen-bond acceptors (Lipinski definition) is 4. The van der Waals surface area contributed by atoms with Gasteiger partial charge in [-0.3, -0.25) is 10.1 Å². The van der Waals surface area contributed by atoms with E-state index in [0.717, 1.165) is 11.1 Å². The lowest BCUT2D eigenvalue weighted by Crippen LogP contribution is -2.32. The maximum atomic E-state index is 12.1. The summed E-state index contributed by atoms with van der Waals surface area (Å²) < 4.78 is 5.21. The van der Waals surface area contributed by atoms with Crippen LogP contribution in [0.15, 0.2) is 54.6 Å². The fraction of sp³-hybridized carbons (Fsp3) is 0.364. The summed E-state index contributed by atoms with van der Waals surface area (Å²) in [6.45, 7) is 5.84. The number of ether oxygens (including phenoxy) is 1. The van der Waals surface area contributed by atoms with Crippen molar-refractivity contribution in [2.24, 2.45) is 5.73 Å². The van der Waals surface area contributed by atoms with Gasteiger partial charge in [-0.15, -0.1) is 0 Å². The molecule has 1 atom stereocenters. The molecule has 0 saturated carbocycles. The minimum atomic E-state index is -0.546. The molecule has 0 heterocycles. The van der Waals surface area contributed by atoms with Gasteiger partial charge < -0.3 is 15.8 Å². The van der Waals surface area contributed by atoms with Crippen molar-refractivity contribution in [2.45, 2.75) is 51.8 Å². The van der Waals surface area contributed by atoms with Gasteiger partial charge in [0.15, 0.2) is 0 Å². The van der Waals surface area contributed by atoms with E-state index in [0.29, 0.717) is 18.7 Å². The third kappa shape index (κ3) is 8.22. The van der Waals surface area contributed by atoms with Gasteiger partial charge in [-0.2, -0.15) is 0 Å². The number of nitrogens with one attached hydrogen (secondary N) is 2. The van der Waals surface area contributed by atoms with Gasteiger partial charge in [-0.05, 0) is 50.5 Å². The molecule has 28 heavy (non-hydrogen) atoms. The summed E-state index contributed by atoms with van der Waals surface area (Å²) in [6.07, 6.45) is 0.438. The lowest BCUT2D eigenvalue weighted by Gasteiger charge is -2.19. The summed E-state index contributed by atoms with van der Waals surface area (Å²) in [5.74, 6) is -0.0839. The van der Waals surface area contributed by atoms with Crippen molar-refractivity contribution in [2.75, 3.05) is 5.32 Å². The van der Waals surface area contributed by atoms with E-state index < -0.39 is 11.7 Å². The summed E-state index contributed by atoms with van der Waals surface area (Å²) in [5, 5.41) is 5.55. The van der Waals surface area contributed by atoms with Crippen molar-refractivity contribution in [3.05, 3.63) is 65.7 Å². The van der Waals surface area contributed by atoms with E-state index in [1.165, 1.54) is 0 Å². The van der Waals surface area contributed by atoms with E-state index >= 15 is 0 Å². The first kappa shape index (κ1) is 21.4. The Bertz CT molecular complexity index is 768. The Balaban J connectivity index is 1.74. The number of nitrogens with two attached hydrogens (primary N) is 1. The molecule has 0 aliphatic heterocycles. The van der Waals surface area contributed by atoms with Crippen molar-refractivity contribution in [3.8, 4) is 0 Å². The van der Waals surface area contributed by atoms with E-state index in [9.17, 15) is 9.59 Å². The quantitative estimate of drug-likeness (QED) is 0.681. The molecule has 2 aromatic carbocycles. The number of hydrogen-bond donors (Lipinski definition) is 3. The largest absolute Gasteiger partial charge is 0.444 e. The van der Waals surface area contributed by atoms with E-state index in [2.05, 4.69) is 10.6 Å². The van der Waals surface area contributed by atoms with Crippen LogP contribution in [0, 0.1) is 0 Å². The number of amides is 2. The molecule has 0 aliphatic carbocycles. The highest BCUT2D eigenvalue weighted by atomic mass is 16.6. The van der Waals surface area contributed by atoms with E-state index in [1.54, 1.807) is 12.1 Å². The highest BCUT2D eigenvalue weighted by Crippen LogP contribution is 2.13. The molecule has 2 rings (SSSR count). The van der Waals surface area contributed by atoms with Gasteiger partial charge in [0.05, 0.1) is 0 Å². The lowest BCUT2D eigenvalue weighted by molar-refractivity contribution is -0.121. The van der Waals surface area contributed by atoms with Crippen LogP contribution in [0.1, 0.15) is 38.3 Å². The summed E-state index contributed by atoms with van der Waals surface area (Å²) in [5.41, 5.74) is 8.21. The molecule has 6 nitrogen and oxygen atoms in total. The van der Waals surface area contributed by atoms with Gasteiger partial charge >= 0.3 is 6.09 Å². The number of anilines is 1. The van der Waals surface area contributed by atoms with Crippen LogP contribution < -0.4 is 16.4 Å². The van der Waals surface area contributed by atoms with Crippen molar-refractivity contribution in [1.82, 2.24) is 5.32 Å². The molecule has 150 valence electrons. The molecule has 0 aromatic heterocycles.